The fourth-order valence-corrected chi connectivity index (χ4v) is 6.97. The van der Waals surface area contributed by atoms with E-state index in [1.165, 1.54) is 70.6 Å². The lowest BCUT2D eigenvalue weighted by Crippen LogP contribution is -2.30. The summed E-state index contributed by atoms with van der Waals surface area (Å²) in [6, 6.07) is 0. The summed E-state index contributed by atoms with van der Waals surface area (Å²) in [6.45, 7) is 6.35. The highest BCUT2D eigenvalue weighted by Gasteiger charge is 2.19. The molecule has 1 atom stereocenters. The zero-order chi connectivity index (χ0) is 50.0. The quantitative estimate of drug-likeness (QED) is 0.0262. The Morgan fingerprint density at radius 2 is 0.594 bits per heavy atom. The molecule has 0 aliphatic carbocycles. The van der Waals surface area contributed by atoms with Gasteiger partial charge in [0.05, 0.1) is 0 Å². The molecule has 0 aromatic rings. The molecule has 0 aliphatic heterocycles. The van der Waals surface area contributed by atoms with Gasteiger partial charge in [0.15, 0.2) is 6.10 Å². The second-order valence-corrected chi connectivity index (χ2v) is 17.7. The molecule has 6 nitrogen and oxygen atoms in total. The zero-order valence-corrected chi connectivity index (χ0v) is 44.3. The number of carbonyl (C=O) groups is 3. The average Bonchev–Trinajstić information content (AvgIpc) is 3.35. The summed E-state index contributed by atoms with van der Waals surface area (Å²) in [6.07, 6.45) is 78.7. The Labute approximate surface area is 424 Å². The highest BCUT2D eigenvalue weighted by molar-refractivity contribution is 5.71. The molecule has 0 heterocycles. The van der Waals surface area contributed by atoms with Gasteiger partial charge in [0.2, 0.25) is 0 Å². The van der Waals surface area contributed by atoms with E-state index in [1.54, 1.807) is 0 Å². The van der Waals surface area contributed by atoms with Crippen LogP contribution in [0.25, 0.3) is 0 Å². The molecule has 0 amide bonds. The number of rotatable bonds is 48. The topological polar surface area (TPSA) is 78.9 Å². The van der Waals surface area contributed by atoms with Crippen LogP contribution in [-0.2, 0) is 28.6 Å². The summed E-state index contributed by atoms with van der Waals surface area (Å²) in [7, 11) is 0. The third-order valence-corrected chi connectivity index (χ3v) is 11.1. The summed E-state index contributed by atoms with van der Waals surface area (Å²) < 4.78 is 16.7. The van der Waals surface area contributed by atoms with Gasteiger partial charge in [-0.05, 0) is 128 Å². The number of allylic oxidation sites excluding steroid dienone is 22. The molecule has 0 saturated carbocycles. The lowest BCUT2D eigenvalue weighted by molar-refractivity contribution is -0.166. The van der Waals surface area contributed by atoms with E-state index < -0.39 is 6.10 Å². The minimum Gasteiger partial charge on any atom is -0.462 e. The summed E-state index contributed by atoms with van der Waals surface area (Å²) in [4.78, 5) is 38.1. The van der Waals surface area contributed by atoms with Gasteiger partial charge in [0, 0.05) is 19.3 Å². The maximum absolute atomic E-state index is 12.8. The van der Waals surface area contributed by atoms with Crippen LogP contribution in [0.15, 0.2) is 134 Å². The minimum atomic E-state index is -0.834. The van der Waals surface area contributed by atoms with Gasteiger partial charge in [-0.1, -0.05) is 212 Å². The Morgan fingerprint density at radius 1 is 0.304 bits per heavy atom. The van der Waals surface area contributed by atoms with Crippen LogP contribution < -0.4 is 0 Å². The molecule has 0 N–H and O–H groups in total. The van der Waals surface area contributed by atoms with Crippen molar-refractivity contribution in [2.75, 3.05) is 13.2 Å². The fraction of sp³-hybridized carbons (Fsp3) is 0.603. The summed E-state index contributed by atoms with van der Waals surface area (Å²) in [5, 5.41) is 0. The van der Waals surface area contributed by atoms with Gasteiger partial charge >= 0.3 is 17.9 Å². The zero-order valence-electron chi connectivity index (χ0n) is 44.3. The van der Waals surface area contributed by atoms with E-state index in [2.05, 4.69) is 142 Å². The molecule has 6 heteroatoms. The van der Waals surface area contributed by atoms with E-state index in [1.807, 2.05) is 12.2 Å². The van der Waals surface area contributed by atoms with Crippen molar-refractivity contribution in [3.8, 4) is 0 Å². The van der Waals surface area contributed by atoms with Crippen LogP contribution in [0.5, 0.6) is 0 Å². The number of carbonyl (C=O) groups excluding carboxylic acids is 3. The maximum atomic E-state index is 12.8. The Balaban J connectivity index is 4.59. The lowest BCUT2D eigenvalue weighted by Gasteiger charge is -2.18. The van der Waals surface area contributed by atoms with Crippen molar-refractivity contribution in [2.45, 2.75) is 232 Å². The van der Waals surface area contributed by atoms with Gasteiger partial charge in [-0.3, -0.25) is 14.4 Å². The third kappa shape index (κ3) is 54.4. The average molecular weight is 953 g/mol. The third-order valence-electron chi connectivity index (χ3n) is 11.1. The molecule has 69 heavy (non-hydrogen) atoms. The molecule has 0 bridgehead atoms. The number of esters is 3. The van der Waals surface area contributed by atoms with Crippen molar-refractivity contribution >= 4 is 17.9 Å². The maximum Gasteiger partial charge on any atom is 0.306 e. The molecule has 0 spiro atoms. The second kappa shape index (κ2) is 56.1. The molecule has 0 radical (unpaired) electrons. The minimum absolute atomic E-state index is 0.129. The van der Waals surface area contributed by atoms with Crippen LogP contribution in [0.3, 0.4) is 0 Å². The Morgan fingerprint density at radius 3 is 1.00 bits per heavy atom. The number of hydrogen-bond acceptors (Lipinski definition) is 6. The van der Waals surface area contributed by atoms with Gasteiger partial charge in [-0.15, -0.1) is 0 Å². The predicted octanol–water partition coefficient (Wildman–Crippen LogP) is 18.6. The second-order valence-electron chi connectivity index (χ2n) is 17.7. The molecule has 388 valence electrons. The number of ether oxygens (including phenoxy) is 3. The molecule has 0 rings (SSSR count). The van der Waals surface area contributed by atoms with Gasteiger partial charge in [0.25, 0.3) is 0 Å². The smallest absolute Gasteiger partial charge is 0.306 e. The highest BCUT2D eigenvalue weighted by Crippen LogP contribution is 2.13. The van der Waals surface area contributed by atoms with Gasteiger partial charge in [0.1, 0.15) is 13.2 Å². The first-order chi connectivity index (χ1) is 34.0. The van der Waals surface area contributed by atoms with Crippen molar-refractivity contribution < 1.29 is 28.6 Å². The van der Waals surface area contributed by atoms with Crippen molar-refractivity contribution in [3.05, 3.63) is 134 Å². The van der Waals surface area contributed by atoms with E-state index in [9.17, 15) is 14.4 Å². The van der Waals surface area contributed by atoms with Crippen molar-refractivity contribution in [3.63, 3.8) is 0 Å². The van der Waals surface area contributed by atoms with E-state index in [0.717, 1.165) is 103 Å². The van der Waals surface area contributed by atoms with E-state index >= 15 is 0 Å². The van der Waals surface area contributed by atoms with Crippen LogP contribution in [0, 0.1) is 0 Å². The van der Waals surface area contributed by atoms with Gasteiger partial charge in [-0.2, -0.15) is 0 Å². The molecule has 0 saturated heterocycles. The molecule has 0 aliphatic rings. The lowest BCUT2D eigenvalue weighted by atomic mass is 10.1. The number of hydrogen-bond donors (Lipinski definition) is 0. The van der Waals surface area contributed by atoms with Crippen LogP contribution in [0.1, 0.15) is 226 Å². The monoisotopic (exact) mass is 953 g/mol. The van der Waals surface area contributed by atoms with E-state index in [4.69, 9.17) is 14.2 Å². The first-order valence-corrected chi connectivity index (χ1v) is 27.7. The van der Waals surface area contributed by atoms with Gasteiger partial charge in [-0.25, -0.2) is 0 Å². The molecular formula is C63H100O6. The molecule has 0 unspecified atom stereocenters. The number of unbranched alkanes of at least 4 members (excludes halogenated alkanes) is 15. The fourth-order valence-electron chi connectivity index (χ4n) is 6.97. The van der Waals surface area contributed by atoms with Crippen LogP contribution >= 0.6 is 0 Å². The molecule has 0 aromatic heterocycles. The van der Waals surface area contributed by atoms with Crippen molar-refractivity contribution in [1.29, 1.82) is 0 Å². The summed E-state index contributed by atoms with van der Waals surface area (Å²) in [5.41, 5.74) is 0. The first kappa shape index (κ1) is 64.5. The van der Waals surface area contributed by atoms with Crippen molar-refractivity contribution in [2.24, 2.45) is 0 Å². The summed E-state index contributed by atoms with van der Waals surface area (Å²) >= 11 is 0. The van der Waals surface area contributed by atoms with Crippen molar-refractivity contribution in [1.82, 2.24) is 0 Å². The van der Waals surface area contributed by atoms with Crippen LogP contribution in [0.2, 0.25) is 0 Å². The predicted molar refractivity (Wildman–Crippen MR) is 297 cm³/mol. The Kier molecular flexibility index (Phi) is 52.5. The highest BCUT2D eigenvalue weighted by atomic mass is 16.6. The SMILES string of the molecule is CC/C=C\C/C=C\C/C=C\C/C=C\C/C=C\C/C=C\CCC(=O)OC[C@H](COC(=O)CCCC/C=C\C/C=C\C/C=C\CCCCC)OC(=O)CCCCCCCCC/C=C\C/C=C\CCCCC. The summed E-state index contributed by atoms with van der Waals surface area (Å²) in [5.74, 6) is -1.06. The Bertz CT molecular complexity index is 1510. The molecule has 0 aromatic carbocycles. The normalized spacial score (nSPS) is 13.1. The van der Waals surface area contributed by atoms with Crippen LogP contribution in [0.4, 0.5) is 0 Å². The Hall–Kier alpha value is -4.45. The standard InChI is InChI=1S/C63H100O6/c1-4-7-10-13-16-19-22-25-28-30-31-33-35-38-41-44-47-50-53-56-62(65)68-59-60(58-67-61(64)55-52-49-46-43-40-37-34-27-24-21-18-15-12-9-6-3)69-63(66)57-54-51-48-45-42-39-36-32-29-26-23-20-17-14-11-8-5-2/h7,10,16-21,25-29,31,33-34,38,40-41,43,47,50,60H,4-6,8-9,11-15,22-24,30,32,35-37,39,42,44-46,48-49,51-59H2,1-3H3/b10-7-,19-16-,20-17-,21-18-,28-25-,29-26-,33-31-,34-27-,41-38-,43-40-,50-47-/t60-/m0/s1. The largest absolute Gasteiger partial charge is 0.462 e. The van der Waals surface area contributed by atoms with Crippen LogP contribution in [-0.4, -0.2) is 37.2 Å². The molecular weight excluding hydrogens is 853 g/mol. The van der Waals surface area contributed by atoms with E-state index in [-0.39, 0.29) is 44.0 Å². The molecule has 0 fully saturated rings. The van der Waals surface area contributed by atoms with Gasteiger partial charge < -0.3 is 14.2 Å². The first-order valence-electron chi connectivity index (χ1n) is 27.7. The van der Waals surface area contributed by atoms with E-state index in [0.29, 0.717) is 19.3 Å².